The topological polar surface area (TPSA) is 102 Å². The van der Waals surface area contributed by atoms with Crippen LogP contribution in [0.5, 0.6) is 0 Å². The molecule has 6 heteroatoms. The number of nitrogens with one attached hydrogen (secondary N) is 1. The van der Waals surface area contributed by atoms with Gasteiger partial charge in [-0.15, -0.1) is 0 Å². The molecule has 0 aliphatic carbocycles. The fourth-order valence-corrected chi connectivity index (χ4v) is 2.28. The van der Waals surface area contributed by atoms with Crippen molar-refractivity contribution < 1.29 is 5.11 Å². The lowest BCUT2D eigenvalue weighted by atomic mass is 10.0. The van der Waals surface area contributed by atoms with E-state index >= 15 is 0 Å². The first-order chi connectivity index (χ1) is 10.0. The number of anilines is 3. The SMILES string of the molecule is CC(C)c1ccccc1NCc1nn(CCO)c(N)c1N. The number of aromatic nitrogens is 2. The van der Waals surface area contributed by atoms with Gasteiger partial charge in [0.15, 0.2) is 0 Å². The number of hydrogen-bond donors (Lipinski definition) is 4. The summed E-state index contributed by atoms with van der Waals surface area (Å²) in [5.41, 5.74) is 15.3. The molecule has 21 heavy (non-hydrogen) atoms. The average Bonchev–Trinajstić information content (AvgIpc) is 2.74. The smallest absolute Gasteiger partial charge is 0.145 e. The van der Waals surface area contributed by atoms with Gasteiger partial charge in [-0.1, -0.05) is 32.0 Å². The van der Waals surface area contributed by atoms with Crippen LogP contribution in [-0.2, 0) is 13.1 Å². The Bertz CT molecular complexity index is 606. The van der Waals surface area contributed by atoms with Crippen molar-refractivity contribution in [2.45, 2.75) is 32.9 Å². The van der Waals surface area contributed by atoms with E-state index in [1.54, 1.807) is 0 Å². The molecule has 0 spiro atoms. The van der Waals surface area contributed by atoms with Gasteiger partial charge >= 0.3 is 0 Å². The third-order valence-electron chi connectivity index (χ3n) is 3.45. The maximum atomic E-state index is 8.98. The maximum absolute atomic E-state index is 8.98. The van der Waals surface area contributed by atoms with E-state index in [-0.39, 0.29) is 6.61 Å². The summed E-state index contributed by atoms with van der Waals surface area (Å²) >= 11 is 0. The van der Waals surface area contributed by atoms with Crippen molar-refractivity contribution in [1.29, 1.82) is 0 Å². The van der Waals surface area contributed by atoms with Crippen molar-refractivity contribution in [2.24, 2.45) is 0 Å². The summed E-state index contributed by atoms with van der Waals surface area (Å²) in [6, 6.07) is 8.17. The van der Waals surface area contributed by atoms with E-state index in [1.807, 2.05) is 18.2 Å². The van der Waals surface area contributed by atoms with Crippen molar-refractivity contribution in [2.75, 3.05) is 23.4 Å². The molecule has 1 aromatic carbocycles. The van der Waals surface area contributed by atoms with Crippen molar-refractivity contribution in [3.8, 4) is 0 Å². The van der Waals surface area contributed by atoms with Crippen molar-refractivity contribution in [3.05, 3.63) is 35.5 Å². The average molecular weight is 289 g/mol. The summed E-state index contributed by atoms with van der Waals surface area (Å²) in [7, 11) is 0. The Hall–Kier alpha value is -2.21. The molecule has 0 unspecified atom stereocenters. The van der Waals surface area contributed by atoms with E-state index < -0.39 is 0 Å². The Morgan fingerprint density at radius 3 is 2.67 bits per heavy atom. The van der Waals surface area contributed by atoms with Gasteiger partial charge in [-0.25, -0.2) is 4.68 Å². The molecule has 0 aliphatic heterocycles. The highest BCUT2D eigenvalue weighted by atomic mass is 16.3. The highest BCUT2D eigenvalue weighted by Gasteiger charge is 2.13. The number of nitrogens with two attached hydrogens (primary N) is 2. The van der Waals surface area contributed by atoms with Gasteiger partial charge in [-0.2, -0.15) is 5.10 Å². The van der Waals surface area contributed by atoms with Gasteiger partial charge < -0.3 is 21.9 Å². The summed E-state index contributed by atoms with van der Waals surface area (Å²) < 4.78 is 1.53. The molecular weight excluding hydrogens is 266 g/mol. The molecule has 6 nitrogen and oxygen atoms in total. The van der Waals surface area contributed by atoms with Crippen molar-refractivity contribution in [1.82, 2.24) is 9.78 Å². The highest BCUT2D eigenvalue weighted by Crippen LogP contribution is 2.25. The first kappa shape index (κ1) is 15.2. The minimum atomic E-state index is -0.0195. The van der Waals surface area contributed by atoms with Gasteiger partial charge in [-0.05, 0) is 17.5 Å². The minimum absolute atomic E-state index is 0.0195. The van der Waals surface area contributed by atoms with E-state index in [9.17, 15) is 0 Å². The van der Waals surface area contributed by atoms with Crippen LogP contribution in [0.4, 0.5) is 17.2 Å². The van der Waals surface area contributed by atoms with Crippen molar-refractivity contribution in [3.63, 3.8) is 0 Å². The van der Waals surface area contributed by atoms with Crippen LogP contribution >= 0.6 is 0 Å². The molecule has 0 aliphatic rings. The monoisotopic (exact) mass is 289 g/mol. The fourth-order valence-electron chi connectivity index (χ4n) is 2.28. The molecule has 0 bridgehead atoms. The zero-order valence-electron chi connectivity index (χ0n) is 12.5. The van der Waals surface area contributed by atoms with Crippen LogP contribution in [0.25, 0.3) is 0 Å². The summed E-state index contributed by atoms with van der Waals surface area (Å²) in [6.07, 6.45) is 0. The first-order valence-corrected chi connectivity index (χ1v) is 7.08. The summed E-state index contributed by atoms with van der Waals surface area (Å²) in [5.74, 6) is 0.834. The van der Waals surface area contributed by atoms with Gasteiger partial charge in [0.1, 0.15) is 11.5 Å². The maximum Gasteiger partial charge on any atom is 0.145 e. The Labute approximate surface area is 124 Å². The third-order valence-corrected chi connectivity index (χ3v) is 3.45. The van der Waals surface area contributed by atoms with Crippen LogP contribution in [0.2, 0.25) is 0 Å². The Morgan fingerprint density at radius 1 is 1.29 bits per heavy atom. The van der Waals surface area contributed by atoms with Crippen LogP contribution in [0.1, 0.15) is 31.0 Å². The lowest BCUT2D eigenvalue weighted by molar-refractivity contribution is 0.270. The molecule has 0 amide bonds. The molecule has 2 rings (SSSR count). The van der Waals surface area contributed by atoms with Crippen LogP contribution in [0.3, 0.4) is 0 Å². The van der Waals surface area contributed by atoms with Crippen molar-refractivity contribution >= 4 is 17.2 Å². The number of aliphatic hydroxyl groups is 1. The fraction of sp³-hybridized carbons (Fsp3) is 0.400. The molecule has 1 heterocycles. The predicted molar refractivity (Wildman–Crippen MR) is 86.0 cm³/mol. The molecule has 0 saturated carbocycles. The largest absolute Gasteiger partial charge is 0.394 e. The summed E-state index contributed by atoms with van der Waals surface area (Å²) in [4.78, 5) is 0. The lowest BCUT2D eigenvalue weighted by Crippen LogP contribution is -2.08. The van der Waals surface area contributed by atoms with E-state index in [0.29, 0.717) is 36.2 Å². The standard InChI is InChI=1S/C15H23N5O/c1-10(2)11-5-3-4-6-12(11)18-9-13-14(16)15(17)20(19-13)7-8-21/h3-6,10,18,21H,7-9,16-17H2,1-2H3. The van der Waals surface area contributed by atoms with Crippen LogP contribution in [0, 0.1) is 0 Å². The summed E-state index contributed by atoms with van der Waals surface area (Å²) in [5, 5.41) is 16.7. The van der Waals surface area contributed by atoms with Gasteiger partial charge in [0, 0.05) is 5.69 Å². The van der Waals surface area contributed by atoms with Gasteiger partial charge in [-0.3, -0.25) is 0 Å². The Balaban J connectivity index is 2.15. The van der Waals surface area contributed by atoms with Gasteiger partial charge in [0.25, 0.3) is 0 Å². The second kappa shape index (κ2) is 6.49. The minimum Gasteiger partial charge on any atom is -0.394 e. The number of hydrogen-bond acceptors (Lipinski definition) is 5. The Kier molecular flexibility index (Phi) is 4.70. The van der Waals surface area contributed by atoms with E-state index in [4.69, 9.17) is 16.6 Å². The molecule has 6 N–H and O–H groups in total. The number of nitrogen functional groups attached to an aromatic ring is 2. The quantitative estimate of drug-likeness (QED) is 0.649. The van der Waals surface area contributed by atoms with Crippen LogP contribution in [0.15, 0.2) is 24.3 Å². The zero-order valence-corrected chi connectivity index (χ0v) is 12.5. The van der Waals surface area contributed by atoms with E-state index in [2.05, 4.69) is 30.3 Å². The molecule has 0 atom stereocenters. The highest BCUT2D eigenvalue weighted by molar-refractivity contribution is 5.63. The zero-order chi connectivity index (χ0) is 15.4. The van der Waals surface area contributed by atoms with Crippen LogP contribution in [-0.4, -0.2) is 21.5 Å². The predicted octanol–water partition coefficient (Wildman–Crippen LogP) is 1.78. The number of nitrogens with zero attached hydrogens (tertiary/aromatic N) is 2. The second-order valence-corrected chi connectivity index (χ2v) is 5.29. The van der Waals surface area contributed by atoms with E-state index in [0.717, 1.165) is 5.69 Å². The molecule has 0 saturated heterocycles. The summed E-state index contributed by atoms with van der Waals surface area (Å²) in [6.45, 7) is 5.14. The number of aliphatic hydroxyl groups excluding tert-OH is 1. The molecule has 0 fully saturated rings. The number of benzene rings is 1. The third kappa shape index (κ3) is 3.28. The number of para-hydroxylation sites is 1. The number of rotatable bonds is 6. The van der Waals surface area contributed by atoms with Crippen LogP contribution < -0.4 is 16.8 Å². The molecule has 1 aromatic heterocycles. The molecule has 2 aromatic rings. The van der Waals surface area contributed by atoms with Gasteiger partial charge in [0.05, 0.1) is 25.4 Å². The van der Waals surface area contributed by atoms with Gasteiger partial charge in [0.2, 0.25) is 0 Å². The first-order valence-electron chi connectivity index (χ1n) is 7.08. The molecule has 0 radical (unpaired) electrons. The molecular formula is C15H23N5O. The van der Waals surface area contributed by atoms with E-state index in [1.165, 1.54) is 10.2 Å². The lowest BCUT2D eigenvalue weighted by Gasteiger charge is -2.13. The molecule has 114 valence electrons. The normalized spacial score (nSPS) is 11.0. The second-order valence-electron chi connectivity index (χ2n) is 5.29. The Morgan fingerprint density at radius 2 is 2.00 bits per heavy atom.